The summed E-state index contributed by atoms with van der Waals surface area (Å²) in [7, 11) is 0. The number of carbonyl (C=O) groups is 1. The largest absolute Gasteiger partial charge is 0.444 e. The van der Waals surface area contributed by atoms with E-state index in [1.807, 2.05) is 20.8 Å². The van der Waals surface area contributed by atoms with Gasteiger partial charge in [0.2, 0.25) is 5.95 Å². The van der Waals surface area contributed by atoms with Gasteiger partial charge in [0.05, 0.1) is 9.09 Å². The highest BCUT2D eigenvalue weighted by Crippen LogP contribution is 2.36. The van der Waals surface area contributed by atoms with Crippen molar-refractivity contribution in [1.29, 1.82) is 0 Å². The van der Waals surface area contributed by atoms with Crippen molar-refractivity contribution in [3.63, 3.8) is 0 Å². The van der Waals surface area contributed by atoms with Crippen molar-refractivity contribution in [2.75, 3.05) is 31.1 Å². The van der Waals surface area contributed by atoms with Crippen molar-refractivity contribution in [2.24, 2.45) is 0 Å². The van der Waals surface area contributed by atoms with Crippen LogP contribution >= 0.6 is 54.5 Å². The van der Waals surface area contributed by atoms with Crippen LogP contribution in [0.25, 0.3) is 11.0 Å². The molecule has 1 aliphatic rings. The Bertz CT molecular complexity index is 871. The van der Waals surface area contributed by atoms with Gasteiger partial charge in [0, 0.05) is 41.7 Å². The molecule has 1 amide bonds. The smallest absolute Gasteiger partial charge is 0.410 e. The zero-order chi connectivity index (χ0) is 19.9. The number of anilines is 1. The van der Waals surface area contributed by atoms with Crippen molar-refractivity contribution in [2.45, 2.75) is 39.8 Å². The molecule has 27 heavy (non-hydrogen) atoms. The summed E-state index contributed by atoms with van der Waals surface area (Å²) in [5, 5.41) is 0. The number of amides is 1. The number of nitrogens with zero attached hydrogens (tertiary/aromatic N) is 4. The molecule has 1 aliphatic heterocycles. The molecule has 0 bridgehead atoms. The van der Waals surface area contributed by atoms with E-state index in [1.165, 1.54) is 0 Å². The Labute approximate surface area is 190 Å². The first kappa shape index (κ1) is 21.2. The molecular weight excluding hydrogens is 591 g/mol. The van der Waals surface area contributed by atoms with Crippen LogP contribution in [0, 0.1) is 3.57 Å². The third-order valence-corrected chi connectivity index (χ3v) is 8.16. The van der Waals surface area contributed by atoms with Crippen LogP contribution in [0.3, 0.4) is 0 Å². The second-order valence-corrected chi connectivity index (χ2v) is 10.2. The second-order valence-electron chi connectivity index (χ2n) is 7.46. The lowest BCUT2D eigenvalue weighted by Gasteiger charge is -2.36. The van der Waals surface area contributed by atoms with E-state index in [0.29, 0.717) is 13.1 Å². The molecule has 0 N–H and O–H groups in total. The van der Waals surface area contributed by atoms with Gasteiger partial charge in [-0.1, -0.05) is 0 Å². The minimum atomic E-state index is -0.470. The molecule has 2 aromatic rings. The molecule has 1 aromatic carbocycles. The molecule has 3 rings (SSSR count). The lowest BCUT2D eigenvalue weighted by Crippen LogP contribution is -2.50. The monoisotopic (exact) mass is 612 g/mol. The molecule has 1 saturated heterocycles. The van der Waals surface area contributed by atoms with Crippen molar-refractivity contribution in [3.8, 4) is 0 Å². The second kappa shape index (κ2) is 8.06. The van der Waals surface area contributed by atoms with E-state index in [1.54, 1.807) is 4.90 Å². The highest BCUT2D eigenvalue weighted by molar-refractivity contribution is 14.1. The fourth-order valence-corrected chi connectivity index (χ4v) is 4.90. The van der Waals surface area contributed by atoms with Gasteiger partial charge >= 0.3 is 6.09 Å². The van der Waals surface area contributed by atoms with Gasteiger partial charge in [-0.3, -0.25) is 0 Å². The number of hydrogen-bond acceptors (Lipinski definition) is 4. The predicted octanol–water partition coefficient (Wildman–Crippen LogP) is 5.24. The number of aromatic nitrogens is 2. The molecule has 1 aromatic heterocycles. The Morgan fingerprint density at radius 2 is 1.89 bits per heavy atom. The maximum Gasteiger partial charge on any atom is 0.410 e. The van der Waals surface area contributed by atoms with Crippen LogP contribution < -0.4 is 4.90 Å². The summed E-state index contributed by atoms with van der Waals surface area (Å²) in [4.78, 5) is 21.3. The molecule has 0 aliphatic carbocycles. The van der Waals surface area contributed by atoms with E-state index in [0.717, 1.165) is 49.1 Å². The molecule has 0 saturated carbocycles. The van der Waals surface area contributed by atoms with Gasteiger partial charge in [0.15, 0.2) is 0 Å². The van der Waals surface area contributed by atoms with Crippen molar-refractivity contribution in [3.05, 3.63) is 18.6 Å². The standard InChI is InChI=1S/C18H23Br2IN4O2/c1-5-25-12-10-11(19)13(20)14(21)15(12)22-16(25)23-6-8-24(9-7-23)17(26)27-18(2,3)4/h10H,5-9H2,1-4H3. The van der Waals surface area contributed by atoms with Crippen LogP contribution in [-0.2, 0) is 11.3 Å². The summed E-state index contributed by atoms with van der Waals surface area (Å²) in [6.07, 6.45) is -0.242. The summed E-state index contributed by atoms with van der Waals surface area (Å²) in [5.41, 5.74) is 1.64. The van der Waals surface area contributed by atoms with Gasteiger partial charge in [0.25, 0.3) is 0 Å². The summed E-state index contributed by atoms with van der Waals surface area (Å²) >= 11 is 9.57. The number of piperazine rings is 1. The van der Waals surface area contributed by atoms with Crippen molar-refractivity contribution < 1.29 is 9.53 Å². The maximum absolute atomic E-state index is 12.3. The average molecular weight is 614 g/mol. The fourth-order valence-electron chi connectivity index (χ4n) is 3.12. The number of halogens is 3. The van der Waals surface area contributed by atoms with E-state index in [2.05, 4.69) is 76.9 Å². The number of fused-ring (bicyclic) bond motifs is 1. The molecule has 0 radical (unpaired) electrons. The van der Waals surface area contributed by atoms with E-state index in [9.17, 15) is 4.79 Å². The van der Waals surface area contributed by atoms with Gasteiger partial charge in [-0.2, -0.15) is 0 Å². The lowest BCUT2D eigenvalue weighted by molar-refractivity contribution is 0.0240. The normalized spacial score (nSPS) is 15.5. The quantitative estimate of drug-likeness (QED) is 0.343. The Morgan fingerprint density at radius 3 is 2.44 bits per heavy atom. The summed E-state index contributed by atoms with van der Waals surface area (Å²) in [5.74, 6) is 0.958. The van der Waals surface area contributed by atoms with Gasteiger partial charge in [-0.15, -0.1) is 0 Å². The average Bonchev–Trinajstić information content (AvgIpc) is 2.97. The first-order valence-electron chi connectivity index (χ1n) is 8.89. The summed E-state index contributed by atoms with van der Waals surface area (Å²) in [6.45, 7) is 11.4. The molecule has 0 spiro atoms. The molecule has 6 nitrogen and oxygen atoms in total. The van der Waals surface area contributed by atoms with Gasteiger partial charge in [0.1, 0.15) is 11.1 Å². The first-order chi connectivity index (χ1) is 12.6. The third kappa shape index (κ3) is 4.39. The van der Waals surface area contributed by atoms with Crippen molar-refractivity contribution >= 4 is 77.5 Å². The SMILES string of the molecule is CCn1c(N2CCN(C(=O)OC(C)(C)C)CC2)nc2c(I)c(Br)c(Br)cc21. The van der Waals surface area contributed by atoms with E-state index < -0.39 is 5.60 Å². The van der Waals surface area contributed by atoms with Crippen molar-refractivity contribution in [1.82, 2.24) is 14.5 Å². The highest BCUT2D eigenvalue weighted by atomic mass is 127. The van der Waals surface area contributed by atoms with Crippen LogP contribution in [0.15, 0.2) is 15.0 Å². The maximum atomic E-state index is 12.3. The number of ether oxygens (including phenoxy) is 1. The van der Waals surface area contributed by atoms with E-state index in [-0.39, 0.29) is 6.09 Å². The number of rotatable bonds is 2. The van der Waals surface area contributed by atoms with Crippen LogP contribution in [0.2, 0.25) is 0 Å². The van der Waals surface area contributed by atoms with Gasteiger partial charge in [-0.05, 0) is 88.2 Å². The molecular formula is C18H23Br2IN4O2. The Kier molecular flexibility index (Phi) is 6.32. The highest BCUT2D eigenvalue weighted by Gasteiger charge is 2.28. The third-order valence-electron chi connectivity index (χ3n) is 4.39. The number of hydrogen-bond donors (Lipinski definition) is 0. The molecule has 1 fully saturated rings. The Hall–Kier alpha value is -0.550. The summed E-state index contributed by atoms with van der Waals surface area (Å²) in [6, 6.07) is 2.11. The Balaban J connectivity index is 1.83. The Morgan fingerprint density at radius 1 is 1.26 bits per heavy atom. The molecule has 0 atom stereocenters. The van der Waals surface area contributed by atoms with Crippen LogP contribution in [0.4, 0.5) is 10.7 Å². The molecule has 9 heteroatoms. The van der Waals surface area contributed by atoms with Gasteiger partial charge < -0.3 is 19.1 Å². The van der Waals surface area contributed by atoms with E-state index >= 15 is 0 Å². The fraction of sp³-hybridized carbons (Fsp3) is 0.556. The predicted molar refractivity (Wildman–Crippen MR) is 124 cm³/mol. The van der Waals surface area contributed by atoms with Crippen LogP contribution in [0.5, 0.6) is 0 Å². The number of benzene rings is 1. The van der Waals surface area contributed by atoms with E-state index in [4.69, 9.17) is 9.72 Å². The molecule has 2 heterocycles. The van der Waals surface area contributed by atoms with Gasteiger partial charge in [-0.25, -0.2) is 9.78 Å². The lowest BCUT2D eigenvalue weighted by atomic mass is 10.2. The summed E-state index contributed by atoms with van der Waals surface area (Å²) < 4.78 is 10.9. The van der Waals surface area contributed by atoms with Crippen LogP contribution in [0.1, 0.15) is 27.7 Å². The van der Waals surface area contributed by atoms with Crippen LogP contribution in [-0.4, -0.2) is 52.3 Å². The molecule has 0 unspecified atom stereocenters. The first-order valence-corrected chi connectivity index (χ1v) is 11.6. The minimum Gasteiger partial charge on any atom is -0.444 e. The zero-order valence-corrected chi connectivity index (χ0v) is 21.2. The number of aryl methyl sites for hydroxylation is 1. The molecule has 148 valence electrons. The topological polar surface area (TPSA) is 50.6 Å². The number of imidazole rings is 1. The number of carbonyl (C=O) groups excluding carboxylic acids is 1. The minimum absolute atomic E-state index is 0.242. The zero-order valence-electron chi connectivity index (χ0n) is 15.9.